The lowest BCUT2D eigenvalue weighted by Crippen LogP contribution is -2.23. The number of fused-ring (bicyclic) bond motifs is 2. The second kappa shape index (κ2) is 6.88. The fourth-order valence-corrected chi connectivity index (χ4v) is 3.97. The van der Waals surface area contributed by atoms with E-state index in [1.807, 2.05) is 0 Å². The van der Waals surface area contributed by atoms with Gasteiger partial charge in [-0.2, -0.15) is 4.39 Å². The monoisotopic (exact) mass is 403 g/mol. The highest BCUT2D eigenvalue weighted by molar-refractivity contribution is 6.12. The number of nitrogens with zero attached hydrogens (tertiary/aromatic N) is 3. The van der Waals surface area contributed by atoms with Crippen molar-refractivity contribution in [2.24, 2.45) is 0 Å². The third-order valence-electron chi connectivity index (χ3n) is 5.31. The Kier molecular flexibility index (Phi) is 4.17. The first-order valence-electron chi connectivity index (χ1n) is 9.31. The van der Waals surface area contributed by atoms with Crippen LogP contribution in [0.15, 0.2) is 60.9 Å². The van der Waals surface area contributed by atoms with Crippen LogP contribution >= 0.6 is 0 Å². The number of aromatic hydroxyl groups is 1. The Morgan fingerprint density at radius 1 is 0.967 bits per heavy atom. The molecule has 7 heteroatoms. The van der Waals surface area contributed by atoms with Gasteiger partial charge in [0.15, 0.2) is 5.75 Å². The quantitative estimate of drug-likeness (QED) is 0.514. The topological polar surface area (TPSA) is 66.3 Å². The van der Waals surface area contributed by atoms with E-state index in [9.17, 15) is 18.7 Å². The Labute approximate surface area is 170 Å². The van der Waals surface area contributed by atoms with Gasteiger partial charge in [0.25, 0.3) is 5.91 Å². The molecule has 0 unspecified atom stereocenters. The van der Waals surface area contributed by atoms with Crippen molar-refractivity contribution in [1.82, 2.24) is 14.9 Å². The molecule has 1 aliphatic heterocycles. The molecule has 0 spiro atoms. The van der Waals surface area contributed by atoms with Crippen molar-refractivity contribution in [3.05, 3.63) is 89.4 Å². The van der Waals surface area contributed by atoms with Gasteiger partial charge in [0.05, 0.1) is 5.56 Å². The van der Waals surface area contributed by atoms with E-state index in [1.54, 1.807) is 36.4 Å². The lowest BCUT2D eigenvalue weighted by Gasteiger charge is -2.16. The van der Waals surface area contributed by atoms with Crippen molar-refractivity contribution in [2.45, 2.75) is 13.1 Å². The van der Waals surface area contributed by atoms with E-state index >= 15 is 0 Å². The average Bonchev–Trinajstić information content (AvgIpc) is 3.07. The van der Waals surface area contributed by atoms with Gasteiger partial charge in [-0.3, -0.25) is 9.78 Å². The van der Waals surface area contributed by atoms with Gasteiger partial charge < -0.3 is 10.0 Å². The molecule has 2 aromatic heterocycles. The molecule has 2 aromatic carbocycles. The maximum atomic E-state index is 14.6. The number of carbonyl (C=O) groups is 1. The molecule has 5 nitrogen and oxygen atoms in total. The smallest absolute Gasteiger partial charge is 0.258 e. The van der Waals surface area contributed by atoms with E-state index in [0.29, 0.717) is 16.5 Å². The molecule has 0 radical (unpaired) electrons. The van der Waals surface area contributed by atoms with E-state index in [0.717, 1.165) is 5.56 Å². The number of halogens is 2. The standard InChI is InChI=1S/C23H15F2N3O2/c24-14-7-5-13(6-8-14)11-28-12-17-18(16-4-2-10-27-22(16)25)15-3-1-9-26-20(15)21(29)19(17)23(28)30/h1-10,29H,11-12H2. The van der Waals surface area contributed by atoms with Crippen LogP contribution in [-0.4, -0.2) is 25.9 Å². The van der Waals surface area contributed by atoms with Crippen LogP contribution in [0.25, 0.3) is 22.0 Å². The Morgan fingerprint density at radius 3 is 2.47 bits per heavy atom. The van der Waals surface area contributed by atoms with Crippen molar-refractivity contribution in [1.29, 1.82) is 0 Å². The first kappa shape index (κ1) is 18.2. The fraction of sp³-hybridized carbons (Fsp3) is 0.0870. The molecule has 1 aliphatic rings. The van der Waals surface area contributed by atoms with Gasteiger partial charge in [0.1, 0.15) is 11.3 Å². The molecular formula is C23H15F2N3O2. The number of hydrogen-bond donors (Lipinski definition) is 1. The van der Waals surface area contributed by atoms with Crippen LogP contribution < -0.4 is 0 Å². The number of rotatable bonds is 3. The minimum atomic E-state index is -0.667. The van der Waals surface area contributed by atoms with Crippen LogP contribution in [0.2, 0.25) is 0 Å². The summed E-state index contributed by atoms with van der Waals surface area (Å²) in [5.74, 6) is -1.63. The number of benzene rings is 2. The van der Waals surface area contributed by atoms with Gasteiger partial charge in [-0.1, -0.05) is 18.2 Å². The minimum Gasteiger partial charge on any atom is -0.505 e. The average molecular weight is 403 g/mol. The molecule has 4 aromatic rings. The summed E-state index contributed by atoms with van der Waals surface area (Å²) in [4.78, 5) is 22.7. The Bertz CT molecular complexity index is 1310. The van der Waals surface area contributed by atoms with Gasteiger partial charge >= 0.3 is 0 Å². The van der Waals surface area contributed by atoms with Gasteiger partial charge in [-0.15, -0.1) is 0 Å². The van der Waals surface area contributed by atoms with Crippen LogP contribution in [0.1, 0.15) is 21.5 Å². The van der Waals surface area contributed by atoms with Crippen LogP contribution in [-0.2, 0) is 13.1 Å². The minimum absolute atomic E-state index is 0.113. The molecule has 0 saturated heterocycles. The predicted molar refractivity (Wildman–Crippen MR) is 107 cm³/mol. The van der Waals surface area contributed by atoms with Gasteiger partial charge in [0, 0.05) is 42.0 Å². The van der Waals surface area contributed by atoms with Crippen molar-refractivity contribution >= 4 is 16.8 Å². The Morgan fingerprint density at radius 2 is 1.70 bits per heavy atom. The number of hydrogen-bond acceptors (Lipinski definition) is 4. The summed E-state index contributed by atoms with van der Waals surface area (Å²) in [5, 5.41) is 11.4. The number of phenols is 1. The molecule has 0 atom stereocenters. The molecular weight excluding hydrogens is 388 g/mol. The zero-order chi connectivity index (χ0) is 20.8. The van der Waals surface area contributed by atoms with Crippen molar-refractivity contribution < 1.29 is 18.7 Å². The van der Waals surface area contributed by atoms with Crippen LogP contribution in [0.4, 0.5) is 8.78 Å². The number of carbonyl (C=O) groups excluding carboxylic acids is 1. The van der Waals surface area contributed by atoms with Crippen LogP contribution in [0.3, 0.4) is 0 Å². The number of phenolic OH excluding ortho intramolecular Hbond substituents is 1. The Balaban J connectivity index is 1.70. The molecule has 30 heavy (non-hydrogen) atoms. The maximum absolute atomic E-state index is 14.6. The molecule has 0 bridgehead atoms. The Hall–Kier alpha value is -3.87. The van der Waals surface area contributed by atoms with Gasteiger partial charge in [0.2, 0.25) is 5.95 Å². The molecule has 0 saturated carbocycles. The fourth-order valence-electron chi connectivity index (χ4n) is 3.97. The molecule has 3 heterocycles. The number of amides is 1. The molecule has 5 rings (SSSR count). The largest absolute Gasteiger partial charge is 0.505 e. The molecule has 1 N–H and O–H groups in total. The number of pyridine rings is 2. The number of aromatic nitrogens is 2. The van der Waals surface area contributed by atoms with Crippen molar-refractivity contribution in [3.63, 3.8) is 0 Å². The second-order valence-electron chi connectivity index (χ2n) is 7.11. The summed E-state index contributed by atoms with van der Waals surface area (Å²) in [6, 6.07) is 12.5. The van der Waals surface area contributed by atoms with Crippen molar-refractivity contribution in [3.8, 4) is 16.9 Å². The van der Waals surface area contributed by atoms with Crippen LogP contribution in [0, 0.1) is 11.8 Å². The molecule has 148 valence electrons. The van der Waals surface area contributed by atoms with E-state index in [2.05, 4.69) is 9.97 Å². The van der Waals surface area contributed by atoms with Gasteiger partial charge in [-0.05, 0) is 41.5 Å². The molecule has 1 amide bonds. The third kappa shape index (κ3) is 2.78. The normalized spacial score (nSPS) is 13.1. The summed E-state index contributed by atoms with van der Waals surface area (Å²) >= 11 is 0. The lowest BCUT2D eigenvalue weighted by atomic mass is 9.92. The van der Waals surface area contributed by atoms with E-state index < -0.39 is 5.95 Å². The highest BCUT2D eigenvalue weighted by atomic mass is 19.1. The summed E-state index contributed by atoms with van der Waals surface area (Å²) in [5.41, 5.74) is 2.34. The zero-order valence-electron chi connectivity index (χ0n) is 15.6. The highest BCUT2D eigenvalue weighted by Gasteiger charge is 2.35. The van der Waals surface area contributed by atoms with E-state index in [-0.39, 0.29) is 47.2 Å². The third-order valence-corrected chi connectivity index (χ3v) is 5.31. The maximum Gasteiger partial charge on any atom is 0.258 e. The van der Waals surface area contributed by atoms with E-state index in [4.69, 9.17) is 0 Å². The predicted octanol–water partition coefficient (Wildman–Crippen LogP) is 4.44. The summed E-state index contributed by atoms with van der Waals surface area (Å²) < 4.78 is 27.8. The lowest BCUT2D eigenvalue weighted by molar-refractivity contribution is 0.0764. The molecule has 0 aliphatic carbocycles. The van der Waals surface area contributed by atoms with Gasteiger partial charge in [-0.25, -0.2) is 9.37 Å². The zero-order valence-corrected chi connectivity index (χ0v) is 15.6. The van der Waals surface area contributed by atoms with Crippen molar-refractivity contribution in [2.75, 3.05) is 0 Å². The summed E-state index contributed by atoms with van der Waals surface area (Å²) in [6.07, 6.45) is 2.86. The summed E-state index contributed by atoms with van der Waals surface area (Å²) in [7, 11) is 0. The first-order chi connectivity index (χ1) is 14.5. The first-order valence-corrected chi connectivity index (χ1v) is 9.31. The summed E-state index contributed by atoms with van der Waals surface area (Å²) in [6.45, 7) is 0.402. The SMILES string of the molecule is O=C1c2c(c(-c3cccnc3F)c3cccnc3c2O)CN1Cc1ccc(F)cc1. The second-order valence-corrected chi connectivity index (χ2v) is 7.11. The van der Waals surface area contributed by atoms with Crippen LogP contribution in [0.5, 0.6) is 5.75 Å². The molecule has 0 fully saturated rings. The van der Waals surface area contributed by atoms with E-state index in [1.165, 1.54) is 29.4 Å². The highest BCUT2D eigenvalue weighted by Crippen LogP contribution is 2.44.